The summed E-state index contributed by atoms with van der Waals surface area (Å²) >= 11 is -2.00. The second-order valence-electron chi connectivity index (χ2n) is 8.48. The Labute approximate surface area is 173 Å². The van der Waals surface area contributed by atoms with E-state index in [4.69, 9.17) is 4.43 Å². The quantitative estimate of drug-likeness (QED) is 0.372. The van der Waals surface area contributed by atoms with Gasteiger partial charge in [-0.25, -0.2) is 4.21 Å². The van der Waals surface area contributed by atoms with Crippen LogP contribution in [-0.2, 0) is 15.5 Å². The highest BCUT2D eigenvalue weighted by molar-refractivity contribution is 7.80. The molecule has 1 N–H and O–H groups in total. The van der Waals surface area contributed by atoms with Crippen LogP contribution in [0.5, 0.6) is 0 Å². The number of benzene rings is 2. The molecule has 2 aromatic carbocycles. The van der Waals surface area contributed by atoms with E-state index in [-0.39, 0.29) is 11.6 Å². The zero-order valence-electron chi connectivity index (χ0n) is 17.4. The molecule has 0 aliphatic carbocycles. The standard InChI is InChI=1S/C23H32O3SSi/c1-6-7-18-23(5,27(24)25)19-26-28(22(2,3)4,20-14-10-8-11-15-20)21-16-12-9-13-17-21/h6,8-17H,1,7,18-19H2,2-5H3,(H,24,25). The summed E-state index contributed by atoms with van der Waals surface area (Å²) < 4.78 is 28.2. The van der Waals surface area contributed by atoms with Crippen LogP contribution in [0.3, 0.4) is 0 Å². The Hall–Kier alpha value is -1.53. The fourth-order valence-corrected chi connectivity index (χ4v) is 8.89. The van der Waals surface area contributed by atoms with E-state index in [0.29, 0.717) is 12.8 Å². The van der Waals surface area contributed by atoms with Gasteiger partial charge in [-0.3, -0.25) is 0 Å². The molecule has 2 aromatic rings. The first-order valence-corrected chi connectivity index (χ1v) is 12.7. The topological polar surface area (TPSA) is 46.5 Å². The predicted molar refractivity (Wildman–Crippen MR) is 122 cm³/mol. The van der Waals surface area contributed by atoms with E-state index in [9.17, 15) is 8.76 Å². The van der Waals surface area contributed by atoms with Crippen LogP contribution in [0.25, 0.3) is 0 Å². The van der Waals surface area contributed by atoms with Gasteiger partial charge in [-0.1, -0.05) is 87.5 Å². The SMILES string of the molecule is C=CCCC(C)(CO[Si](c1ccccc1)(c1ccccc1)C(C)(C)C)S(=O)O. The highest BCUT2D eigenvalue weighted by Gasteiger charge is 2.51. The van der Waals surface area contributed by atoms with Crippen molar-refractivity contribution in [3.05, 3.63) is 73.3 Å². The van der Waals surface area contributed by atoms with Crippen LogP contribution in [0.1, 0.15) is 40.5 Å². The van der Waals surface area contributed by atoms with Gasteiger partial charge in [0.2, 0.25) is 0 Å². The van der Waals surface area contributed by atoms with Gasteiger partial charge in [0.05, 0.1) is 11.4 Å². The molecular weight excluding hydrogens is 384 g/mol. The lowest BCUT2D eigenvalue weighted by Crippen LogP contribution is -2.67. The third-order valence-electron chi connectivity index (χ3n) is 5.31. The van der Waals surface area contributed by atoms with E-state index in [0.717, 1.165) is 0 Å². The molecule has 2 atom stereocenters. The van der Waals surface area contributed by atoms with E-state index >= 15 is 0 Å². The van der Waals surface area contributed by atoms with Gasteiger partial charge < -0.3 is 8.98 Å². The second kappa shape index (κ2) is 9.31. The highest BCUT2D eigenvalue weighted by Crippen LogP contribution is 2.38. The molecule has 0 saturated heterocycles. The van der Waals surface area contributed by atoms with Crippen molar-refractivity contribution in [2.75, 3.05) is 6.61 Å². The summed E-state index contributed by atoms with van der Waals surface area (Å²) in [5, 5.41) is 2.18. The molecule has 152 valence electrons. The molecule has 0 heterocycles. The predicted octanol–water partition coefficient (Wildman–Crippen LogP) is 4.51. The minimum Gasteiger partial charge on any atom is -0.406 e. The minimum absolute atomic E-state index is 0.161. The molecule has 28 heavy (non-hydrogen) atoms. The van der Waals surface area contributed by atoms with Crippen LogP contribution < -0.4 is 10.4 Å². The molecule has 0 aliphatic rings. The third kappa shape index (κ3) is 4.71. The maximum Gasteiger partial charge on any atom is 0.261 e. The molecule has 3 nitrogen and oxygen atoms in total. The van der Waals surface area contributed by atoms with Crippen LogP contribution in [0, 0.1) is 0 Å². The van der Waals surface area contributed by atoms with Crippen LogP contribution in [0.4, 0.5) is 0 Å². The van der Waals surface area contributed by atoms with Gasteiger partial charge in [-0.15, -0.1) is 6.58 Å². The first-order chi connectivity index (χ1) is 13.2. The van der Waals surface area contributed by atoms with Crippen molar-refractivity contribution in [1.82, 2.24) is 0 Å². The third-order valence-corrected chi connectivity index (χ3v) is 11.5. The Bertz CT molecular complexity index is 747. The molecule has 2 unspecified atom stereocenters. The maximum atomic E-state index is 12.2. The largest absolute Gasteiger partial charge is 0.406 e. The molecule has 0 saturated carbocycles. The summed E-state index contributed by atoms with van der Waals surface area (Å²) in [5.41, 5.74) is 0. The summed E-state index contributed by atoms with van der Waals surface area (Å²) in [6.07, 6.45) is 3.01. The lowest BCUT2D eigenvalue weighted by molar-refractivity contribution is 0.248. The lowest BCUT2D eigenvalue weighted by atomic mass is 10.1. The molecule has 5 heteroatoms. The van der Waals surface area contributed by atoms with Crippen molar-refractivity contribution in [3.63, 3.8) is 0 Å². The van der Waals surface area contributed by atoms with Gasteiger partial charge in [-0.05, 0) is 35.2 Å². The van der Waals surface area contributed by atoms with Gasteiger partial charge in [0, 0.05) is 0 Å². The van der Waals surface area contributed by atoms with Gasteiger partial charge in [0.15, 0.2) is 11.1 Å². The monoisotopic (exact) mass is 416 g/mol. The Morgan fingerprint density at radius 3 is 1.82 bits per heavy atom. The summed E-state index contributed by atoms with van der Waals surface area (Å²) in [6.45, 7) is 12.4. The van der Waals surface area contributed by atoms with Gasteiger partial charge in [0.25, 0.3) is 8.32 Å². The molecule has 0 bridgehead atoms. The van der Waals surface area contributed by atoms with Crippen molar-refractivity contribution in [2.45, 2.75) is 50.3 Å². The molecule has 0 aliphatic heterocycles. The molecule has 0 spiro atoms. The fraction of sp³-hybridized carbons (Fsp3) is 0.391. The summed E-state index contributed by atoms with van der Waals surface area (Å²) in [5.74, 6) is 0. The first kappa shape index (κ1) is 22.8. The summed E-state index contributed by atoms with van der Waals surface area (Å²) in [7, 11) is -2.72. The Morgan fingerprint density at radius 1 is 1.00 bits per heavy atom. The van der Waals surface area contributed by atoms with Crippen molar-refractivity contribution in [2.24, 2.45) is 0 Å². The molecule has 0 aromatic heterocycles. The van der Waals surface area contributed by atoms with E-state index in [1.807, 2.05) is 43.3 Å². The van der Waals surface area contributed by atoms with E-state index < -0.39 is 24.1 Å². The van der Waals surface area contributed by atoms with E-state index in [1.165, 1.54) is 10.4 Å². The lowest BCUT2D eigenvalue weighted by Gasteiger charge is -2.44. The second-order valence-corrected chi connectivity index (χ2v) is 14.3. The van der Waals surface area contributed by atoms with Crippen LogP contribution in [-0.4, -0.2) is 28.4 Å². The first-order valence-electron chi connectivity index (χ1n) is 9.64. The Balaban J connectivity index is 2.58. The van der Waals surface area contributed by atoms with Crippen molar-refractivity contribution in [1.29, 1.82) is 0 Å². The Morgan fingerprint density at radius 2 is 1.46 bits per heavy atom. The number of allylic oxidation sites excluding steroid dienone is 1. The average Bonchev–Trinajstić information content (AvgIpc) is 2.67. The van der Waals surface area contributed by atoms with Gasteiger partial charge >= 0.3 is 0 Å². The van der Waals surface area contributed by atoms with Crippen molar-refractivity contribution in [3.8, 4) is 0 Å². The maximum absolute atomic E-state index is 12.2. The molecular formula is C23H32O3SSi. The zero-order valence-corrected chi connectivity index (χ0v) is 19.2. The Kier molecular flexibility index (Phi) is 7.57. The fourth-order valence-electron chi connectivity index (χ4n) is 3.64. The summed E-state index contributed by atoms with van der Waals surface area (Å²) in [4.78, 5) is 0. The minimum atomic E-state index is -2.72. The molecule has 0 amide bonds. The number of rotatable bonds is 9. The summed E-state index contributed by atoms with van der Waals surface area (Å²) in [6, 6.07) is 20.7. The van der Waals surface area contributed by atoms with Gasteiger partial charge in [0.1, 0.15) is 0 Å². The van der Waals surface area contributed by atoms with Gasteiger partial charge in [-0.2, -0.15) is 0 Å². The van der Waals surface area contributed by atoms with E-state index in [1.54, 1.807) is 6.08 Å². The van der Waals surface area contributed by atoms with Crippen molar-refractivity contribution < 1.29 is 13.2 Å². The molecule has 0 fully saturated rings. The van der Waals surface area contributed by atoms with Crippen LogP contribution in [0.15, 0.2) is 73.3 Å². The zero-order chi connectivity index (χ0) is 20.8. The molecule has 0 radical (unpaired) electrons. The highest BCUT2D eigenvalue weighted by atomic mass is 32.2. The van der Waals surface area contributed by atoms with Crippen molar-refractivity contribution >= 4 is 29.8 Å². The van der Waals surface area contributed by atoms with E-state index in [2.05, 4.69) is 51.6 Å². The average molecular weight is 417 g/mol. The van der Waals surface area contributed by atoms with Crippen LogP contribution in [0.2, 0.25) is 5.04 Å². The number of hydrogen-bond donors (Lipinski definition) is 1. The smallest absolute Gasteiger partial charge is 0.261 e. The number of hydrogen-bond acceptors (Lipinski definition) is 2. The van der Waals surface area contributed by atoms with Crippen LogP contribution >= 0.6 is 0 Å². The molecule has 2 rings (SSSR count). The normalized spacial score (nSPS) is 15.6.